The van der Waals surface area contributed by atoms with Gasteiger partial charge in [-0.1, -0.05) is 37.3 Å². The monoisotopic (exact) mass is 241 g/mol. The quantitative estimate of drug-likeness (QED) is 0.851. The van der Waals surface area contributed by atoms with Crippen LogP contribution in [0.4, 0.5) is 5.69 Å². The van der Waals surface area contributed by atoms with Crippen molar-refractivity contribution in [2.75, 3.05) is 5.32 Å². The molecular weight excluding hydrogens is 222 g/mol. The fraction of sp³-hybridized carbons (Fsp3) is 0.250. The number of hydrogen-bond donors (Lipinski definition) is 2. The van der Waals surface area contributed by atoms with Crippen LogP contribution >= 0.6 is 0 Å². The van der Waals surface area contributed by atoms with E-state index in [1.165, 1.54) is 16.8 Å². The lowest BCUT2D eigenvalue weighted by molar-refractivity contribution is 0.474. The van der Waals surface area contributed by atoms with Gasteiger partial charge in [-0.3, -0.25) is 0 Å². The van der Waals surface area contributed by atoms with Crippen molar-refractivity contribution < 1.29 is 5.11 Å². The summed E-state index contributed by atoms with van der Waals surface area (Å²) in [5, 5.41) is 12.9. The molecule has 0 bridgehead atoms. The molecule has 2 rings (SSSR count). The summed E-state index contributed by atoms with van der Waals surface area (Å²) in [5.41, 5.74) is 4.88. The minimum atomic E-state index is 0.315. The van der Waals surface area contributed by atoms with Crippen molar-refractivity contribution in [3.05, 3.63) is 59.2 Å². The second-order valence-corrected chi connectivity index (χ2v) is 4.49. The van der Waals surface area contributed by atoms with Gasteiger partial charge in [0, 0.05) is 12.2 Å². The minimum Gasteiger partial charge on any atom is -0.508 e. The highest BCUT2D eigenvalue weighted by Gasteiger charge is 2.03. The normalized spacial score (nSPS) is 10.3. The van der Waals surface area contributed by atoms with Crippen LogP contribution in [0.25, 0.3) is 0 Å². The minimum absolute atomic E-state index is 0.315. The number of para-hydroxylation sites is 1. The number of anilines is 1. The molecule has 0 aliphatic rings. The number of benzene rings is 2. The van der Waals surface area contributed by atoms with E-state index in [0.29, 0.717) is 5.75 Å². The van der Waals surface area contributed by atoms with Crippen molar-refractivity contribution in [1.29, 1.82) is 0 Å². The van der Waals surface area contributed by atoms with Crippen LogP contribution in [0.5, 0.6) is 5.75 Å². The molecule has 2 aromatic rings. The lowest BCUT2D eigenvalue weighted by Gasteiger charge is -2.14. The Morgan fingerprint density at radius 3 is 2.61 bits per heavy atom. The van der Waals surface area contributed by atoms with Gasteiger partial charge < -0.3 is 10.4 Å². The van der Waals surface area contributed by atoms with Crippen molar-refractivity contribution in [3.63, 3.8) is 0 Å². The standard InChI is InChI=1S/C16H19NO/c1-3-14-8-4-6-12(2)16(14)17-11-13-7-5-9-15(18)10-13/h4-10,17-18H,3,11H2,1-2H3. The summed E-state index contributed by atoms with van der Waals surface area (Å²) in [4.78, 5) is 0. The summed E-state index contributed by atoms with van der Waals surface area (Å²) in [6.45, 7) is 5.00. The Bertz CT molecular complexity index is 534. The third-order valence-electron chi connectivity index (χ3n) is 3.12. The summed E-state index contributed by atoms with van der Waals surface area (Å²) in [5.74, 6) is 0.315. The molecular formula is C16H19NO. The van der Waals surface area contributed by atoms with Crippen LogP contribution in [0.3, 0.4) is 0 Å². The van der Waals surface area contributed by atoms with Crippen molar-refractivity contribution in [3.8, 4) is 5.75 Å². The van der Waals surface area contributed by atoms with Crippen LogP contribution in [0.15, 0.2) is 42.5 Å². The first-order valence-electron chi connectivity index (χ1n) is 6.31. The van der Waals surface area contributed by atoms with Crippen molar-refractivity contribution in [2.45, 2.75) is 26.8 Å². The van der Waals surface area contributed by atoms with E-state index in [1.807, 2.05) is 12.1 Å². The Morgan fingerprint density at radius 1 is 1.11 bits per heavy atom. The average molecular weight is 241 g/mol. The van der Waals surface area contributed by atoms with Gasteiger partial charge in [0.2, 0.25) is 0 Å². The zero-order chi connectivity index (χ0) is 13.0. The largest absolute Gasteiger partial charge is 0.508 e. The molecule has 94 valence electrons. The van der Waals surface area contributed by atoms with Crippen LogP contribution < -0.4 is 5.32 Å². The van der Waals surface area contributed by atoms with E-state index in [0.717, 1.165) is 18.5 Å². The van der Waals surface area contributed by atoms with E-state index in [4.69, 9.17) is 0 Å². The van der Waals surface area contributed by atoms with Gasteiger partial charge in [-0.15, -0.1) is 0 Å². The Hall–Kier alpha value is -1.96. The fourth-order valence-corrected chi connectivity index (χ4v) is 2.13. The maximum atomic E-state index is 9.44. The summed E-state index contributed by atoms with van der Waals surface area (Å²) in [6, 6.07) is 13.7. The van der Waals surface area contributed by atoms with Gasteiger partial charge in [-0.2, -0.15) is 0 Å². The van der Waals surface area contributed by atoms with E-state index in [-0.39, 0.29) is 0 Å². The van der Waals surface area contributed by atoms with Crippen molar-refractivity contribution in [1.82, 2.24) is 0 Å². The van der Waals surface area contributed by atoms with E-state index >= 15 is 0 Å². The Labute approximate surface area is 108 Å². The van der Waals surface area contributed by atoms with Gasteiger partial charge in [-0.25, -0.2) is 0 Å². The maximum Gasteiger partial charge on any atom is 0.115 e. The molecule has 2 nitrogen and oxygen atoms in total. The molecule has 0 fully saturated rings. The van der Waals surface area contributed by atoms with E-state index in [2.05, 4.69) is 37.4 Å². The summed E-state index contributed by atoms with van der Waals surface area (Å²) in [6.07, 6.45) is 1.02. The number of phenolic OH excluding ortho intramolecular Hbond substituents is 1. The van der Waals surface area contributed by atoms with Crippen LogP contribution in [-0.2, 0) is 13.0 Å². The number of hydrogen-bond acceptors (Lipinski definition) is 2. The highest BCUT2D eigenvalue weighted by Crippen LogP contribution is 2.22. The van der Waals surface area contributed by atoms with Crippen molar-refractivity contribution in [2.24, 2.45) is 0 Å². The molecule has 18 heavy (non-hydrogen) atoms. The molecule has 2 aromatic carbocycles. The van der Waals surface area contributed by atoms with E-state index in [9.17, 15) is 5.11 Å². The molecule has 0 aliphatic heterocycles. The fourth-order valence-electron chi connectivity index (χ4n) is 2.13. The third kappa shape index (κ3) is 2.83. The van der Waals surface area contributed by atoms with Crippen molar-refractivity contribution >= 4 is 5.69 Å². The second kappa shape index (κ2) is 5.58. The number of phenols is 1. The molecule has 0 saturated carbocycles. The molecule has 0 radical (unpaired) electrons. The predicted molar refractivity (Wildman–Crippen MR) is 76.0 cm³/mol. The number of aryl methyl sites for hydroxylation is 2. The lowest BCUT2D eigenvalue weighted by atomic mass is 10.1. The number of rotatable bonds is 4. The predicted octanol–water partition coefficient (Wildman–Crippen LogP) is 3.88. The Balaban J connectivity index is 2.15. The molecule has 0 atom stereocenters. The molecule has 0 aliphatic carbocycles. The van der Waals surface area contributed by atoms with Gasteiger partial charge in [0.25, 0.3) is 0 Å². The molecule has 0 aromatic heterocycles. The third-order valence-corrected chi connectivity index (χ3v) is 3.12. The highest BCUT2D eigenvalue weighted by atomic mass is 16.3. The Kier molecular flexibility index (Phi) is 3.88. The number of aromatic hydroxyl groups is 1. The topological polar surface area (TPSA) is 32.3 Å². The second-order valence-electron chi connectivity index (χ2n) is 4.49. The number of nitrogens with one attached hydrogen (secondary N) is 1. The first kappa shape index (κ1) is 12.5. The smallest absolute Gasteiger partial charge is 0.115 e. The molecule has 0 saturated heterocycles. The first-order chi connectivity index (χ1) is 8.70. The van der Waals surface area contributed by atoms with Gasteiger partial charge in [0.15, 0.2) is 0 Å². The lowest BCUT2D eigenvalue weighted by Crippen LogP contribution is -2.03. The molecule has 0 unspecified atom stereocenters. The SMILES string of the molecule is CCc1cccc(C)c1NCc1cccc(O)c1. The maximum absolute atomic E-state index is 9.44. The Morgan fingerprint density at radius 2 is 1.89 bits per heavy atom. The first-order valence-corrected chi connectivity index (χ1v) is 6.31. The van der Waals surface area contributed by atoms with E-state index < -0.39 is 0 Å². The average Bonchev–Trinajstić information content (AvgIpc) is 2.37. The molecule has 2 N–H and O–H groups in total. The van der Waals surface area contributed by atoms with Gasteiger partial charge >= 0.3 is 0 Å². The summed E-state index contributed by atoms with van der Waals surface area (Å²) in [7, 11) is 0. The molecule has 2 heteroatoms. The van der Waals surface area contributed by atoms with Gasteiger partial charge in [0.1, 0.15) is 5.75 Å². The van der Waals surface area contributed by atoms with Crippen LogP contribution in [0.2, 0.25) is 0 Å². The van der Waals surface area contributed by atoms with E-state index in [1.54, 1.807) is 12.1 Å². The molecule has 0 heterocycles. The van der Waals surface area contributed by atoms with Crippen LogP contribution in [0.1, 0.15) is 23.6 Å². The molecule has 0 amide bonds. The zero-order valence-electron chi connectivity index (χ0n) is 10.9. The summed E-state index contributed by atoms with van der Waals surface area (Å²) < 4.78 is 0. The van der Waals surface area contributed by atoms with Crippen LogP contribution in [0, 0.1) is 6.92 Å². The van der Waals surface area contributed by atoms with Gasteiger partial charge in [0.05, 0.1) is 0 Å². The highest BCUT2D eigenvalue weighted by molar-refractivity contribution is 5.57. The zero-order valence-corrected chi connectivity index (χ0v) is 10.9. The van der Waals surface area contributed by atoms with Gasteiger partial charge in [-0.05, 0) is 42.2 Å². The van der Waals surface area contributed by atoms with Crippen LogP contribution in [-0.4, -0.2) is 5.11 Å². The molecule has 0 spiro atoms. The summed E-state index contributed by atoms with van der Waals surface area (Å²) >= 11 is 0.